The fraction of sp³-hybridized carbons (Fsp3) is 0.222. The molecule has 1 heterocycles. The molecule has 1 N–H and O–H groups in total. The van der Waals surface area contributed by atoms with Gasteiger partial charge in [-0.3, -0.25) is 4.79 Å². The lowest BCUT2D eigenvalue weighted by Crippen LogP contribution is -2.42. The first kappa shape index (κ1) is 14.3. The number of rotatable bonds is 1. The van der Waals surface area contributed by atoms with Gasteiger partial charge >= 0.3 is 0 Å². The molecule has 0 radical (unpaired) electrons. The maximum absolute atomic E-state index is 12.8. The lowest BCUT2D eigenvalue weighted by atomic mass is 9.87. The zero-order valence-electron chi connectivity index (χ0n) is 12.3. The molecule has 4 nitrogen and oxygen atoms in total. The Morgan fingerprint density at radius 1 is 1.27 bits per heavy atom. The summed E-state index contributed by atoms with van der Waals surface area (Å²) in [5.41, 5.74) is 1.50. The van der Waals surface area contributed by atoms with Crippen LogP contribution in [0.5, 0.6) is 0 Å². The second-order valence-electron chi connectivity index (χ2n) is 5.69. The van der Waals surface area contributed by atoms with Crippen LogP contribution < -0.4 is 4.90 Å². The standard InChI is InChI=1S/C18H16N2O2/c1-18(22)9-10-20(16-8-3-2-7-15(16)18)17(21)14-6-4-5-13(11-14)12-19/h2-8,11,22H,9-10H2,1H3. The molecule has 1 amide bonds. The summed E-state index contributed by atoms with van der Waals surface area (Å²) in [6.45, 7) is 2.21. The van der Waals surface area contributed by atoms with Crippen LogP contribution in [-0.4, -0.2) is 17.6 Å². The highest BCUT2D eigenvalue weighted by molar-refractivity contribution is 6.07. The van der Waals surface area contributed by atoms with Gasteiger partial charge in [0.15, 0.2) is 0 Å². The monoisotopic (exact) mass is 292 g/mol. The smallest absolute Gasteiger partial charge is 0.258 e. The van der Waals surface area contributed by atoms with E-state index in [4.69, 9.17) is 5.26 Å². The van der Waals surface area contributed by atoms with Gasteiger partial charge in [-0.15, -0.1) is 0 Å². The zero-order chi connectivity index (χ0) is 15.7. The maximum Gasteiger partial charge on any atom is 0.258 e. The molecular formula is C18H16N2O2. The Labute approximate surface area is 129 Å². The number of nitrogens with zero attached hydrogens (tertiary/aromatic N) is 2. The number of anilines is 1. The summed E-state index contributed by atoms with van der Waals surface area (Å²) < 4.78 is 0. The molecule has 0 bridgehead atoms. The molecule has 0 saturated carbocycles. The van der Waals surface area contributed by atoms with Gasteiger partial charge in [0.2, 0.25) is 0 Å². The summed E-state index contributed by atoms with van der Waals surface area (Å²) in [5, 5.41) is 19.5. The van der Waals surface area contributed by atoms with E-state index < -0.39 is 5.60 Å². The molecule has 1 aliphatic heterocycles. The van der Waals surface area contributed by atoms with Crippen LogP contribution >= 0.6 is 0 Å². The second kappa shape index (κ2) is 5.28. The molecule has 0 aromatic heterocycles. The number of nitriles is 1. The normalized spacial score (nSPS) is 20.1. The van der Waals surface area contributed by atoms with Gasteiger partial charge < -0.3 is 10.0 Å². The van der Waals surface area contributed by atoms with E-state index in [1.807, 2.05) is 30.3 Å². The van der Waals surface area contributed by atoms with Gasteiger partial charge in [0, 0.05) is 17.7 Å². The molecule has 2 aromatic carbocycles. The average molecular weight is 292 g/mol. The average Bonchev–Trinajstić information content (AvgIpc) is 2.55. The molecule has 1 atom stereocenters. The number of para-hydroxylation sites is 1. The van der Waals surface area contributed by atoms with Crippen molar-refractivity contribution in [2.75, 3.05) is 11.4 Å². The minimum Gasteiger partial charge on any atom is -0.385 e. The molecule has 22 heavy (non-hydrogen) atoms. The van der Waals surface area contributed by atoms with E-state index in [0.29, 0.717) is 24.1 Å². The summed E-state index contributed by atoms with van der Waals surface area (Å²) >= 11 is 0. The van der Waals surface area contributed by atoms with Gasteiger partial charge in [0.1, 0.15) is 0 Å². The predicted molar refractivity (Wildman–Crippen MR) is 83.5 cm³/mol. The molecule has 0 spiro atoms. The van der Waals surface area contributed by atoms with Crippen molar-refractivity contribution < 1.29 is 9.90 Å². The fourth-order valence-corrected chi connectivity index (χ4v) is 2.84. The zero-order valence-corrected chi connectivity index (χ0v) is 12.3. The molecule has 3 rings (SSSR count). The Balaban J connectivity index is 2.02. The molecule has 0 fully saturated rings. The lowest BCUT2D eigenvalue weighted by molar-refractivity contribution is 0.0450. The van der Waals surface area contributed by atoms with Crippen LogP contribution in [-0.2, 0) is 5.60 Å². The van der Waals surface area contributed by atoms with Crippen molar-refractivity contribution in [2.24, 2.45) is 0 Å². The fourth-order valence-electron chi connectivity index (χ4n) is 2.84. The summed E-state index contributed by atoms with van der Waals surface area (Å²) in [4.78, 5) is 14.4. The third kappa shape index (κ3) is 2.36. The number of benzene rings is 2. The van der Waals surface area contributed by atoms with E-state index in [-0.39, 0.29) is 5.91 Å². The van der Waals surface area contributed by atoms with E-state index in [1.54, 1.807) is 36.1 Å². The summed E-state index contributed by atoms with van der Waals surface area (Å²) in [5.74, 6) is -0.153. The van der Waals surface area contributed by atoms with E-state index in [0.717, 1.165) is 11.3 Å². The Bertz CT molecular complexity index is 775. The summed E-state index contributed by atoms with van der Waals surface area (Å²) in [6.07, 6.45) is 0.480. The number of amides is 1. The highest BCUT2D eigenvalue weighted by Gasteiger charge is 2.35. The minimum absolute atomic E-state index is 0.153. The van der Waals surface area contributed by atoms with Gasteiger partial charge in [0.05, 0.1) is 22.9 Å². The van der Waals surface area contributed by atoms with Crippen LogP contribution in [0.1, 0.15) is 34.8 Å². The van der Waals surface area contributed by atoms with Gasteiger partial charge in [-0.25, -0.2) is 0 Å². The van der Waals surface area contributed by atoms with Crippen LogP contribution in [0, 0.1) is 11.3 Å². The molecule has 1 aliphatic rings. The Morgan fingerprint density at radius 3 is 2.82 bits per heavy atom. The van der Waals surface area contributed by atoms with E-state index >= 15 is 0 Å². The van der Waals surface area contributed by atoms with Crippen LogP contribution in [0.3, 0.4) is 0 Å². The number of aliphatic hydroxyl groups is 1. The van der Waals surface area contributed by atoms with Gasteiger partial charge in [-0.1, -0.05) is 24.3 Å². The van der Waals surface area contributed by atoms with E-state index in [1.165, 1.54) is 0 Å². The van der Waals surface area contributed by atoms with E-state index in [2.05, 4.69) is 0 Å². The van der Waals surface area contributed by atoms with Gasteiger partial charge in [-0.05, 0) is 37.6 Å². The van der Waals surface area contributed by atoms with Crippen LogP contribution in [0.25, 0.3) is 0 Å². The number of fused-ring (bicyclic) bond motifs is 1. The SMILES string of the molecule is CC1(O)CCN(C(=O)c2cccc(C#N)c2)c2ccccc21. The minimum atomic E-state index is -0.929. The lowest BCUT2D eigenvalue weighted by Gasteiger charge is -2.38. The number of hydrogen-bond acceptors (Lipinski definition) is 3. The van der Waals surface area contributed by atoms with Crippen LogP contribution in [0.15, 0.2) is 48.5 Å². The van der Waals surface area contributed by atoms with Crippen molar-refractivity contribution >= 4 is 11.6 Å². The van der Waals surface area contributed by atoms with E-state index in [9.17, 15) is 9.90 Å². The second-order valence-corrected chi connectivity index (χ2v) is 5.69. The molecule has 4 heteroatoms. The largest absolute Gasteiger partial charge is 0.385 e. The highest BCUT2D eigenvalue weighted by atomic mass is 16.3. The molecular weight excluding hydrogens is 276 g/mol. The third-order valence-corrected chi connectivity index (χ3v) is 4.08. The first-order valence-electron chi connectivity index (χ1n) is 7.17. The number of carbonyl (C=O) groups is 1. The van der Waals surface area contributed by atoms with Crippen molar-refractivity contribution in [1.82, 2.24) is 0 Å². The topological polar surface area (TPSA) is 64.3 Å². The van der Waals surface area contributed by atoms with Crippen LogP contribution in [0.2, 0.25) is 0 Å². The summed E-state index contributed by atoms with van der Waals surface area (Å²) in [6, 6.07) is 16.1. The van der Waals surface area contributed by atoms with Gasteiger partial charge in [-0.2, -0.15) is 5.26 Å². The quantitative estimate of drug-likeness (QED) is 0.879. The molecule has 0 aliphatic carbocycles. The molecule has 2 aromatic rings. The van der Waals surface area contributed by atoms with Crippen molar-refractivity contribution in [3.8, 4) is 6.07 Å². The third-order valence-electron chi connectivity index (χ3n) is 4.08. The maximum atomic E-state index is 12.8. The Morgan fingerprint density at radius 2 is 2.05 bits per heavy atom. The number of hydrogen-bond donors (Lipinski definition) is 1. The Hall–Kier alpha value is -2.64. The molecule has 110 valence electrons. The Kier molecular flexibility index (Phi) is 3.44. The highest BCUT2D eigenvalue weighted by Crippen LogP contribution is 2.38. The first-order chi connectivity index (χ1) is 10.5. The van der Waals surface area contributed by atoms with Crippen molar-refractivity contribution in [2.45, 2.75) is 18.9 Å². The molecule has 0 saturated heterocycles. The summed E-state index contributed by atoms with van der Waals surface area (Å²) in [7, 11) is 0. The first-order valence-corrected chi connectivity index (χ1v) is 7.17. The van der Waals surface area contributed by atoms with Crippen LogP contribution in [0.4, 0.5) is 5.69 Å². The molecule has 1 unspecified atom stereocenters. The van der Waals surface area contributed by atoms with Crippen molar-refractivity contribution in [3.05, 3.63) is 65.2 Å². The van der Waals surface area contributed by atoms with Gasteiger partial charge in [0.25, 0.3) is 5.91 Å². The number of carbonyl (C=O) groups excluding carboxylic acids is 1. The van der Waals surface area contributed by atoms with Crippen molar-refractivity contribution in [3.63, 3.8) is 0 Å². The predicted octanol–water partition coefficient (Wildman–Crippen LogP) is 2.82. The van der Waals surface area contributed by atoms with Crippen molar-refractivity contribution in [1.29, 1.82) is 5.26 Å².